The van der Waals surface area contributed by atoms with Gasteiger partial charge in [0, 0.05) is 24.3 Å². The Kier molecular flexibility index (Phi) is 4.89. The van der Waals surface area contributed by atoms with Crippen molar-refractivity contribution in [2.75, 3.05) is 25.0 Å². The molecule has 1 aliphatic rings. The van der Waals surface area contributed by atoms with Crippen molar-refractivity contribution >= 4 is 11.5 Å². The van der Waals surface area contributed by atoms with E-state index in [1.807, 2.05) is 6.92 Å². The minimum atomic E-state index is -0.363. The fourth-order valence-corrected chi connectivity index (χ4v) is 2.69. The highest BCUT2D eigenvalue weighted by atomic mass is 16.6. The summed E-state index contributed by atoms with van der Waals surface area (Å²) in [6.07, 6.45) is 5.41. The van der Waals surface area contributed by atoms with E-state index >= 15 is 0 Å². The van der Waals surface area contributed by atoms with Crippen LogP contribution in [0.4, 0.5) is 11.5 Å². The molecular weight excluding hydrogens is 256 g/mol. The van der Waals surface area contributed by atoms with E-state index in [0.29, 0.717) is 11.4 Å². The molecule has 1 atom stereocenters. The molecule has 0 amide bonds. The minimum Gasteiger partial charge on any atom is -0.361 e. The number of hydrogen-bond donors (Lipinski definition) is 1. The SMILES string of the molecule is Cc1ccnc(NC(C)CN2CCCCC2)c1[N+](=O)[O-]. The number of likely N-dealkylation sites (tertiary alicyclic amines) is 1. The summed E-state index contributed by atoms with van der Waals surface area (Å²) in [5.74, 6) is 0.375. The summed E-state index contributed by atoms with van der Waals surface area (Å²) in [6, 6.07) is 1.81. The fraction of sp³-hybridized carbons (Fsp3) is 0.643. The second kappa shape index (κ2) is 6.65. The summed E-state index contributed by atoms with van der Waals surface area (Å²) < 4.78 is 0. The number of aryl methyl sites for hydroxylation is 1. The molecule has 0 spiro atoms. The average molecular weight is 278 g/mol. The number of pyridine rings is 1. The van der Waals surface area contributed by atoms with Gasteiger partial charge in [-0.05, 0) is 45.8 Å². The van der Waals surface area contributed by atoms with Crippen molar-refractivity contribution in [1.29, 1.82) is 0 Å². The molecule has 2 heterocycles. The van der Waals surface area contributed by atoms with Crippen LogP contribution in [-0.4, -0.2) is 40.5 Å². The minimum absolute atomic E-state index is 0.0815. The van der Waals surface area contributed by atoms with Crippen molar-refractivity contribution in [3.63, 3.8) is 0 Å². The van der Waals surface area contributed by atoms with Gasteiger partial charge in [0.25, 0.3) is 0 Å². The summed E-state index contributed by atoms with van der Waals surface area (Å²) >= 11 is 0. The first kappa shape index (κ1) is 14.7. The molecule has 0 aromatic carbocycles. The van der Waals surface area contributed by atoms with Crippen molar-refractivity contribution in [1.82, 2.24) is 9.88 Å². The van der Waals surface area contributed by atoms with E-state index in [-0.39, 0.29) is 16.7 Å². The molecule has 6 heteroatoms. The summed E-state index contributed by atoms with van der Waals surface area (Å²) in [6.45, 7) is 6.92. The molecule has 1 unspecified atom stereocenters. The first-order chi connectivity index (χ1) is 9.58. The quantitative estimate of drug-likeness (QED) is 0.662. The maximum Gasteiger partial charge on any atom is 0.314 e. The molecule has 1 N–H and O–H groups in total. The molecule has 6 nitrogen and oxygen atoms in total. The van der Waals surface area contributed by atoms with E-state index in [2.05, 4.69) is 15.2 Å². The van der Waals surface area contributed by atoms with E-state index in [1.165, 1.54) is 19.3 Å². The van der Waals surface area contributed by atoms with Crippen molar-refractivity contribution < 1.29 is 4.92 Å². The summed E-state index contributed by atoms with van der Waals surface area (Å²) in [5.41, 5.74) is 0.718. The van der Waals surface area contributed by atoms with E-state index in [4.69, 9.17) is 0 Å². The number of anilines is 1. The average Bonchev–Trinajstić information content (AvgIpc) is 2.39. The largest absolute Gasteiger partial charge is 0.361 e. The van der Waals surface area contributed by atoms with E-state index in [1.54, 1.807) is 19.2 Å². The Hall–Kier alpha value is -1.69. The number of piperidine rings is 1. The standard InChI is InChI=1S/C14H22N4O2/c1-11-6-7-15-14(13(11)18(19)20)16-12(2)10-17-8-4-3-5-9-17/h6-7,12H,3-5,8-10H2,1-2H3,(H,15,16). The van der Waals surface area contributed by atoms with Gasteiger partial charge in [0.05, 0.1) is 4.92 Å². The van der Waals surface area contributed by atoms with E-state index in [0.717, 1.165) is 19.6 Å². The zero-order valence-corrected chi connectivity index (χ0v) is 12.1. The third kappa shape index (κ3) is 3.66. The fourth-order valence-electron chi connectivity index (χ4n) is 2.69. The van der Waals surface area contributed by atoms with E-state index < -0.39 is 0 Å². The number of nitrogens with zero attached hydrogens (tertiary/aromatic N) is 3. The highest BCUT2D eigenvalue weighted by Crippen LogP contribution is 2.26. The molecule has 1 aromatic rings. The summed E-state index contributed by atoms with van der Waals surface area (Å²) in [4.78, 5) is 17.3. The van der Waals surface area contributed by atoms with Crippen LogP contribution in [0.2, 0.25) is 0 Å². The normalized spacial score (nSPS) is 17.7. The van der Waals surface area contributed by atoms with Crippen LogP contribution in [0.3, 0.4) is 0 Å². The second-order valence-electron chi connectivity index (χ2n) is 5.49. The lowest BCUT2D eigenvalue weighted by molar-refractivity contribution is -0.384. The Morgan fingerprint density at radius 3 is 2.80 bits per heavy atom. The highest BCUT2D eigenvalue weighted by molar-refractivity contribution is 5.60. The third-order valence-corrected chi connectivity index (χ3v) is 3.67. The zero-order valence-electron chi connectivity index (χ0n) is 12.1. The maximum atomic E-state index is 11.1. The smallest absolute Gasteiger partial charge is 0.314 e. The predicted octanol–water partition coefficient (Wildman–Crippen LogP) is 2.58. The Labute approximate surface area is 119 Å². The van der Waals surface area contributed by atoms with Crippen LogP contribution in [0.1, 0.15) is 31.7 Å². The molecular formula is C14H22N4O2. The molecule has 0 bridgehead atoms. The molecule has 2 rings (SSSR count). The topological polar surface area (TPSA) is 71.3 Å². The number of hydrogen-bond acceptors (Lipinski definition) is 5. The zero-order chi connectivity index (χ0) is 14.5. The molecule has 1 aromatic heterocycles. The van der Waals surface area contributed by atoms with Crippen LogP contribution in [0, 0.1) is 17.0 Å². The van der Waals surface area contributed by atoms with Crippen molar-refractivity contribution in [2.45, 2.75) is 39.2 Å². The van der Waals surface area contributed by atoms with Crippen LogP contribution in [-0.2, 0) is 0 Å². The van der Waals surface area contributed by atoms with Gasteiger partial charge in [-0.25, -0.2) is 4.98 Å². The first-order valence-electron chi connectivity index (χ1n) is 7.17. The van der Waals surface area contributed by atoms with Crippen LogP contribution in [0.15, 0.2) is 12.3 Å². The molecule has 1 saturated heterocycles. The van der Waals surface area contributed by atoms with Gasteiger partial charge in [-0.2, -0.15) is 0 Å². The van der Waals surface area contributed by atoms with Gasteiger partial charge >= 0.3 is 5.69 Å². The van der Waals surface area contributed by atoms with Gasteiger partial charge in [0.15, 0.2) is 0 Å². The van der Waals surface area contributed by atoms with Gasteiger partial charge in [0.1, 0.15) is 0 Å². The highest BCUT2D eigenvalue weighted by Gasteiger charge is 2.21. The van der Waals surface area contributed by atoms with Crippen LogP contribution in [0.25, 0.3) is 0 Å². The van der Waals surface area contributed by atoms with Crippen LogP contribution in [0.5, 0.6) is 0 Å². The number of rotatable bonds is 5. The van der Waals surface area contributed by atoms with Gasteiger partial charge in [-0.3, -0.25) is 10.1 Å². The summed E-state index contributed by atoms with van der Waals surface area (Å²) in [5, 5.41) is 14.3. The van der Waals surface area contributed by atoms with Gasteiger partial charge in [-0.15, -0.1) is 0 Å². The molecule has 0 saturated carbocycles. The monoisotopic (exact) mass is 278 g/mol. The van der Waals surface area contributed by atoms with Crippen LogP contribution >= 0.6 is 0 Å². The predicted molar refractivity (Wildman–Crippen MR) is 79.0 cm³/mol. The molecule has 1 fully saturated rings. The lowest BCUT2D eigenvalue weighted by Crippen LogP contribution is -2.38. The number of nitrogens with one attached hydrogen (secondary N) is 1. The molecule has 0 aliphatic carbocycles. The van der Waals surface area contributed by atoms with E-state index in [9.17, 15) is 10.1 Å². The number of aromatic nitrogens is 1. The number of nitro groups is 1. The van der Waals surface area contributed by atoms with Crippen LogP contribution < -0.4 is 5.32 Å². The van der Waals surface area contributed by atoms with Crippen molar-refractivity contribution in [3.8, 4) is 0 Å². The summed E-state index contributed by atoms with van der Waals surface area (Å²) in [7, 11) is 0. The Balaban J connectivity index is 2.01. The van der Waals surface area contributed by atoms with Crippen molar-refractivity contribution in [3.05, 3.63) is 27.9 Å². The lowest BCUT2D eigenvalue weighted by atomic mass is 10.1. The van der Waals surface area contributed by atoms with Gasteiger partial charge in [-0.1, -0.05) is 6.42 Å². The van der Waals surface area contributed by atoms with Crippen molar-refractivity contribution in [2.24, 2.45) is 0 Å². The second-order valence-corrected chi connectivity index (χ2v) is 5.49. The molecule has 110 valence electrons. The van der Waals surface area contributed by atoms with Gasteiger partial charge in [0.2, 0.25) is 5.82 Å². The Morgan fingerprint density at radius 1 is 1.45 bits per heavy atom. The molecule has 1 aliphatic heterocycles. The molecule has 0 radical (unpaired) electrons. The maximum absolute atomic E-state index is 11.1. The molecule has 20 heavy (non-hydrogen) atoms. The lowest BCUT2D eigenvalue weighted by Gasteiger charge is -2.29. The van der Waals surface area contributed by atoms with Gasteiger partial charge < -0.3 is 10.2 Å². The first-order valence-corrected chi connectivity index (χ1v) is 7.17. The Bertz CT molecular complexity index is 472. The Morgan fingerprint density at radius 2 is 2.15 bits per heavy atom. The third-order valence-electron chi connectivity index (χ3n) is 3.67.